The van der Waals surface area contributed by atoms with Gasteiger partial charge in [-0.25, -0.2) is 0 Å². The van der Waals surface area contributed by atoms with Gasteiger partial charge in [0.25, 0.3) is 0 Å². The zero-order chi connectivity index (χ0) is 16.2. The summed E-state index contributed by atoms with van der Waals surface area (Å²) in [6, 6.07) is 0. The fraction of sp³-hybridized carbons (Fsp3) is 0.875. The third-order valence-corrected chi connectivity index (χ3v) is 4.53. The first-order valence-corrected chi connectivity index (χ1v) is 8.49. The van der Waals surface area contributed by atoms with Crippen molar-refractivity contribution in [3.63, 3.8) is 0 Å². The molecule has 0 atom stereocenters. The number of hydrogen-bond donors (Lipinski definition) is 2. The highest BCUT2D eigenvalue weighted by molar-refractivity contribution is 5.81. The van der Waals surface area contributed by atoms with E-state index in [1.54, 1.807) is 0 Å². The Bertz CT molecular complexity index is 410. The lowest BCUT2D eigenvalue weighted by atomic mass is 9.80. The van der Waals surface area contributed by atoms with Crippen LogP contribution in [-0.2, 0) is 4.79 Å². The number of aliphatic imine (C=N–C) groups is 1. The van der Waals surface area contributed by atoms with Gasteiger partial charge in [0.15, 0.2) is 5.96 Å². The Morgan fingerprint density at radius 3 is 2.27 bits per heavy atom. The summed E-state index contributed by atoms with van der Waals surface area (Å²) < 4.78 is 0. The smallest absolute Gasteiger partial charge is 0.225 e. The number of carbonyl (C=O) groups excluding carboxylic acids is 1. The third kappa shape index (κ3) is 4.12. The van der Waals surface area contributed by atoms with Crippen molar-refractivity contribution in [3.8, 4) is 0 Å². The van der Waals surface area contributed by atoms with Crippen LogP contribution in [0, 0.1) is 5.92 Å². The van der Waals surface area contributed by atoms with E-state index in [9.17, 15) is 9.90 Å². The Hall–Kier alpha value is -1.30. The van der Waals surface area contributed by atoms with Crippen molar-refractivity contribution in [2.24, 2.45) is 10.9 Å². The average Bonchev–Trinajstić information content (AvgIpc) is 2.49. The van der Waals surface area contributed by atoms with Gasteiger partial charge in [0.1, 0.15) is 0 Å². The number of nitrogens with one attached hydrogen (secondary N) is 1. The average molecular weight is 310 g/mol. The van der Waals surface area contributed by atoms with Crippen LogP contribution in [0.1, 0.15) is 40.0 Å². The van der Waals surface area contributed by atoms with Crippen molar-refractivity contribution in [1.29, 1.82) is 0 Å². The molecule has 1 amide bonds. The van der Waals surface area contributed by atoms with Crippen LogP contribution in [-0.4, -0.2) is 71.6 Å². The molecule has 2 aliphatic rings. The van der Waals surface area contributed by atoms with Crippen molar-refractivity contribution in [2.45, 2.75) is 45.6 Å². The molecule has 1 saturated heterocycles. The number of amides is 1. The predicted octanol–water partition coefficient (Wildman–Crippen LogP) is 0.667. The van der Waals surface area contributed by atoms with Crippen LogP contribution in [0.4, 0.5) is 0 Å². The minimum absolute atomic E-state index is 0.0568. The molecule has 0 bridgehead atoms. The van der Waals surface area contributed by atoms with Gasteiger partial charge in [0, 0.05) is 38.6 Å². The Labute approximate surface area is 133 Å². The molecule has 2 N–H and O–H groups in total. The van der Waals surface area contributed by atoms with Gasteiger partial charge >= 0.3 is 0 Å². The second kappa shape index (κ2) is 7.31. The van der Waals surface area contributed by atoms with Gasteiger partial charge < -0.3 is 20.2 Å². The highest BCUT2D eigenvalue weighted by atomic mass is 16.3. The topological polar surface area (TPSA) is 68.2 Å². The largest absolute Gasteiger partial charge is 0.388 e. The summed E-state index contributed by atoms with van der Waals surface area (Å²) in [5.41, 5.74) is -0.587. The molecular weight excluding hydrogens is 280 g/mol. The molecule has 126 valence electrons. The van der Waals surface area contributed by atoms with E-state index in [-0.39, 0.29) is 11.8 Å². The maximum atomic E-state index is 12.0. The van der Waals surface area contributed by atoms with Crippen LogP contribution < -0.4 is 5.32 Å². The van der Waals surface area contributed by atoms with Crippen LogP contribution in [0.3, 0.4) is 0 Å². The van der Waals surface area contributed by atoms with Crippen molar-refractivity contribution in [2.75, 3.05) is 39.3 Å². The van der Waals surface area contributed by atoms with Crippen molar-refractivity contribution in [3.05, 3.63) is 0 Å². The van der Waals surface area contributed by atoms with Crippen molar-refractivity contribution in [1.82, 2.24) is 15.1 Å². The van der Waals surface area contributed by atoms with Crippen molar-refractivity contribution >= 4 is 11.9 Å². The molecule has 0 aromatic carbocycles. The third-order valence-electron chi connectivity index (χ3n) is 4.53. The Morgan fingerprint density at radius 1 is 1.23 bits per heavy atom. The molecule has 0 aromatic heterocycles. The lowest BCUT2D eigenvalue weighted by Gasteiger charge is -2.38. The van der Waals surface area contributed by atoms with Gasteiger partial charge in [-0.05, 0) is 26.2 Å². The molecular formula is C16H30N4O2. The first-order chi connectivity index (χ1) is 10.4. The zero-order valence-corrected chi connectivity index (χ0v) is 14.1. The number of piperazine rings is 1. The summed E-state index contributed by atoms with van der Waals surface area (Å²) >= 11 is 0. The SMILES string of the molecule is CCNC(=NCC1(O)CCC1)N1CCN(C(=O)C(C)C)CC1. The van der Waals surface area contributed by atoms with Gasteiger partial charge in [-0.15, -0.1) is 0 Å². The molecule has 6 heteroatoms. The Balaban J connectivity index is 1.90. The number of aliphatic hydroxyl groups is 1. The fourth-order valence-corrected chi connectivity index (χ4v) is 2.89. The van der Waals surface area contributed by atoms with Crippen LogP contribution >= 0.6 is 0 Å². The number of hydrogen-bond acceptors (Lipinski definition) is 3. The molecule has 22 heavy (non-hydrogen) atoms. The quantitative estimate of drug-likeness (QED) is 0.591. The van der Waals surface area contributed by atoms with Crippen LogP contribution in [0.15, 0.2) is 4.99 Å². The summed E-state index contributed by atoms with van der Waals surface area (Å²) in [4.78, 5) is 20.8. The fourth-order valence-electron chi connectivity index (χ4n) is 2.89. The first kappa shape index (κ1) is 17.1. The standard InChI is InChI=1S/C16H30N4O2/c1-4-17-15(18-12-16(22)6-5-7-16)20-10-8-19(9-11-20)14(21)13(2)3/h13,22H,4-12H2,1-3H3,(H,17,18). The number of rotatable bonds is 4. The highest BCUT2D eigenvalue weighted by Gasteiger charge is 2.34. The van der Waals surface area contributed by atoms with E-state index in [4.69, 9.17) is 0 Å². The molecule has 0 aromatic rings. The normalized spacial score (nSPS) is 21.8. The van der Waals surface area contributed by atoms with E-state index in [1.165, 1.54) is 0 Å². The lowest BCUT2D eigenvalue weighted by Crippen LogP contribution is -2.54. The minimum atomic E-state index is -0.587. The van der Waals surface area contributed by atoms with E-state index < -0.39 is 5.60 Å². The molecule has 2 rings (SSSR count). The molecule has 6 nitrogen and oxygen atoms in total. The van der Waals surface area contributed by atoms with E-state index in [2.05, 4.69) is 15.2 Å². The Morgan fingerprint density at radius 2 is 1.82 bits per heavy atom. The molecule has 1 saturated carbocycles. The van der Waals surface area contributed by atoms with E-state index in [0.717, 1.165) is 57.9 Å². The first-order valence-electron chi connectivity index (χ1n) is 8.49. The van der Waals surface area contributed by atoms with Crippen LogP contribution in [0.25, 0.3) is 0 Å². The molecule has 0 radical (unpaired) electrons. The molecule has 1 aliphatic carbocycles. The Kier molecular flexibility index (Phi) is 5.67. The molecule has 0 unspecified atom stereocenters. The molecule has 1 heterocycles. The van der Waals surface area contributed by atoms with E-state index in [1.807, 2.05) is 25.7 Å². The zero-order valence-electron chi connectivity index (χ0n) is 14.1. The summed E-state index contributed by atoms with van der Waals surface area (Å²) in [6.45, 7) is 10.3. The molecule has 0 spiro atoms. The summed E-state index contributed by atoms with van der Waals surface area (Å²) in [7, 11) is 0. The second-order valence-electron chi connectivity index (χ2n) is 6.72. The predicted molar refractivity (Wildman–Crippen MR) is 87.8 cm³/mol. The van der Waals surface area contributed by atoms with Crippen LogP contribution in [0.5, 0.6) is 0 Å². The molecule has 2 fully saturated rings. The van der Waals surface area contributed by atoms with Gasteiger partial charge in [-0.1, -0.05) is 13.8 Å². The van der Waals surface area contributed by atoms with Gasteiger partial charge in [0.2, 0.25) is 5.91 Å². The summed E-state index contributed by atoms with van der Waals surface area (Å²) in [6.07, 6.45) is 2.80. The van der Waals surface area contributed by atoms with Crippen LogP contribution in [0.2, 0.25) is 0 Å². The van der Waals surface area contributed by atoms with Gasteiger partial charge in [0.05, 0.1) is 12.1 Å². The van der Waals surface area contributed by atoms with Gasteiger partial charge in [-0.3, -0.25) is 9.79 Å². The summed E-state index contributed by atoms with van der Waals surface area (Å²) in [5.74, 6) is 1.14. The highest BCUT2D eigenvalue weighted by Crippen LogP contribution is 2.31. The monoisotopic (exact) mass is 310 g/mol. The molecule has 1 aliphatic heterocycles. The van der Waals surface area contributed by atoms with Gasteiger partial charge in [-0.2, -0.15) is 0 Å². The minimum Gasteiger partial charge on any atom is -0.388 e. The van der Waals surface area contributed by atoms with E-state index >= 15 is 0 Å². The van der Waals surface area contributed by atoms with E-state index in [0.29, 0.717) is 6.54 Å². The maximum absolute atomic E-state index is 12.0. The number of nitrogens with zero attached hydrogens (tertiary/aromatic N) is 3. The number of guanidine groups is 1. The lowest BCUT2D eigenvalue weighted by molar-refractivity contribution is -0.135. The van der Waals surface area contributed by atoms with Crippen molar-refractivity contribution < 1.29 is 9.90 Å². The summed E-state index contributed by atoms with van der Waals surface area (Å²) in [5, 5.41) is 13.5. The maximum Gasteiger partial charge on any atom is 0.225 e. The second-order valence-corrected chi connectivity index (χ2v) is 6.72. The number of carbonyl (C=O) groups is 1.